The van der Waals surface area contributed by atoms with Gasteiger partial charge >= 0.3 is 0 Å². The monoisotopic (exact) mass is 228 g/mol. The molecule has 3 atom stereocenters. The summed E-state index contributed by atoms with van der Waals surface area (Å²) in [5.41, 5.74) is -0.0440. The number of carbonyl (C=O) groups excluding carboxylic acids is 1. The topological polar surface area (TPSA) is 57.5 Å². The first-order valence-corrected chi connectivity index (χ1v) is 6.17. The smallest absolute Gasteiger partial charge is 0.133 e. The van der Waals surface area contributed by atoms with Gasteiger partial charge in [-0.05, 0) is 37.0 Å². The molecule has 0 aliphatic heterocycles. The molecule has 3 nitrogen and oxygen atoms in total. The first-order valence-electron chi connectivity index (χ1n) is 6.17. The van der Waals surface area contributed by atoms with Crippen LogP contribution in [0, 0.1) is 17.3 Å². The summed E-state index contributed by atoms with van der Waals surface area (Å²) in [6, 6.07) is 0. The number of aliphatic hydroxyl groups excluding tert-OH is 2. The third kappa shape index (κ3) is 3.29. The molecule has 0 amide bonds. The molecule has 1 aliphatic carbocycles. The summed E-state index contributed by atoms with van der Waals surface area (Å²) in [7, 11) is 0. The summed E-state index contributed by atoms with van der Waals surface area (Å²) in [6.07, 6.45) is 2.45. The van der Waals surface area contributed by atoms with Crippen molar-refractivity contribution in [3.05, 3.63) is 0 Å². The lowest BCUT2D eigenvalue weighted by atomic mass is 9.62. The van der Waals surface area contributed by atoms with E-state index in [1.807, 2.05) is 0 Å². The van der Waals surface area contributed by atoms with Gasteiger partial charge in [-0.15, -0.1) is 0 Å². The predicted molar refractivity (Wildman–Crippen MR) is 63.0 cm³/mol. The van der Waals surface area contributed by atoms with Crippen molar-refractivity contribution in [2.75, 3.05) is 6.61 Å². The summed E-state index contributed by atoms with van der Waals surface area (Å²) in [5.74, 6) is 0.678. The maximum atomic E-state index is 11.6. The first kappa shape index (κ1) is 13.7. The van der Waals surface area contributed by atoms with E-state index in [2.05, 4.69) is 13.8 Å². The van der Waals surface area contributed by atoms with Gasteiger partial charge < -0.3 is 10.2 Å². The molecule has 16 heavy (non-hydrogen) atoms. The Morgan fingerprint density at radius 3 is 2.62 bits per heavy atom. The van der Waals surface area contributed by atoms with Gasteiger partial charge in [-0.3, -0.25) is 4.79 Å². The number of ketones is 1. The quantitative estimate of drug-likeness (QED) is 0.771. The van der Waals surface area contributed by atoms with E-state index in [4.69, 9.17) is 0 Å². The van der Waals surface area contributed by atoms with E-state index in [0.29, 0.717) is 18.8 Å². The Bertz CT molecular complexity index is 246. The Morgan fingerprint density at radius 1 is 1.50 bits per heavy atom. The van der Waals surface area contributed by atoms with Crippen LogP contribution in [0.1, 0.15) is 46.5 Å². The molecule has 0 bridgehead atoms. The Labute approximate surface area is 97.9 Å². The molecule has 0 heterocycles. The van der Waals surface area contributed by atoms with E-state index >= 15 is 0 Å². The lowest BCUT2D eigenvalue weighted by Crippen LogP contribution is -2.40. The summed E-state index contributed by atoms with van der Waals surface area (Å²) in [5, 5.41) is 18.7. The molecule has 0 spiro atoms. The van der Waals surface area contributed by atoms with E-state index in [1.54, 1.807) is 6.92 Å². The van der Waals surface area contributed by atoms with Gasteiger partial charge in [0, 0.05) is 19.4 Å². The molecule has 1 aliphatic rings. The maximum absolute atomic E-state index is 11.6. The first-order chi connectivity index (χ1) is 7.36. The van der Waals surface area contributed by atoms with Crippen LogP contribution in [0.3, 0.4) is 0 Å². The largest absolute Gasteiger partial charge is 0.396 e. The highest BCUT2D eigenvalue weighted by atomic mass is 16.3. The summed E-state index contributed by atoms with van der Waals surface area (Å²) >= 11 is 0. The Balaban J connectivity index is 2.70. The number of carbonyl (C=O) groups is 1. The van der Waals surface area contributed by atoms with Crippen molar-refractivity contribution in [2.24, 2.45) is 17.3 Å². The Kier molecular flexibility index (Phi) is 4.51. The van der Waals surface area contributed by atoms with Crippen molar-refractivity contribution in [1.29, 1.82) is 0 Å². The minimum atomic E-state index is -0.298. The third-order valence-electron chi connectivity index (χ3n) is 3.85. The molecule has 0 aromatic heterocycles. The number of aliphatic hydroxyl groups is 2. The van der Waals surface area contributed by atoms with Gasteiger partial charge in [-0.2, -0.15) is 0 Å². The van der Waals surface area contributed by atoms with Crippen molar-refractivity contribution >= 4 is 5.78 Å². The fourth-order valence-electron chi connectivity index (χ4n) is 3.02. The van der Waals surface area contributed by atoms with Crippen LogP contribution in [0.15, 0.2) is 0 Å². The molecule has 0 aromatic rings. The van der Waals surface area contributed by atoms with E-state index < -0.39 is 0 Å². The molecule has 3 heteroatoms. The van der Waals surface area contributed by atoms with Crippen LogP contribution in [0.4, 0.5) is 0 Å². The van der Waals surface area contributed by atoms with Gasteiger partial charge in [-0.1, -0.05) is 13.8 Å². The molecule has 0 saturated heterocycles. The van der Waals surface area contributed by atoms with Crippen molar-refractivity contribution in [3.8, 4) is 0 Å². The second kappa shape index (κ2) is 5.28. The van der Waals surface area contributed by atoms with Crippen LogP contribution in [0.5, 0.6) is 0 Å². The van der Waals surface area contributed by atoms with Crippen LogP contribution in [0.2, 0.25) is 0 Å². The number of hydrogen-bond acceptors (Lipinski definition) is 3. The van der Waals surface area contributed by atoms with Crippen LogP contribution >= 0.6 is 0 Å². The van der Waals surface area contributed by atoms with Crippen LogP contribution in [-0.2, 0) is 4.79 Å². The van der Waals surface area contributed by atoms with E-state index in [0.717, 1.165) is 12.8 Å². The molecule has 0 aromatic carbocycles. The highest BCUT2D eigenvalue weighted by molar-refractivity contribution is 5.80. The highest BCUT2D eigenvalue weighted by Gasteiger charge is 2.41. The fraction of sp³-hybridized carbons (Fsp3) is 0.923. The molecule has 1 rings (SSSR count). The van der Waals surface area contributed by atoms with Crippen molar-refractivity contribution in [2.45, 2.75) is 52.6 Å². The standard InChI is InChI=1S/C13H24O3/c1-9(15)4-5-12-10(8-14)6-11(16)7-13(12,2)3/h9-10,12,14-15H,4-8H2,1-3H3/t9-,10+,12+/m0/s1. The molecule has 94 valence electrons. The maximum Gasteiger partial charge on any atom is 0.133 e. The lowest BCUT2D eigenvalue weighted by molar-refractivity contribution is -0.129. The van der Waals surface area contributed by atoms with Crippen molar-refractivity contribution in [1.82, 2.24) is 0 Å². The Hall–Kier alpha value is -0.410. The van der Waals surface area contributed by atoms with Gasteiger partial charge in [0.25, 0.3) is 0 Å². The lowest BCUT2D eigenvalue weighted by Gasteiger charge is -2.43. The van der Waals surface area contributed by atoms with Gasteiger partial charge in [0.15, 0.2) is 0 Å². The average molecular weight is 228 g/mol. The molecular weight excluding hydrogens is 204 g/mol. The zero-order chi connectivity index (χ0) is 12.3. The number of hydrogen-bond donors (Lipinski definition) is 2. The molecule has 0 unspecified atom stereocenters. The van der Waals surface area contributed by atoms with Crippen LogP contribution in [-0.4, -0.2) is 28.7 Å². The van der Waals surface area contributed by atoms with Crippen molar-refractivity contribution < 1.29 is 15.0 Å². The van der Waals surface area contributed by atoms with Crippen molar-refractivity contribution in [3.63, 3.8) is 0 Å². The highest BCUT2D eigenvalue weighted by Crippen LogP contribution is 2.44. The second-order valence-corrected chi connectivity index (χ2v) is 5.88. The average Bonchev–Trinajstić information content (AvgIpc) is 2.13. The van der Waals surface area contributed by atoms with Gasteiger partial charge in [0.05, 0.1) is 6.10 Å². The summed E-state index contributed by atoms with van der Waals surface area (Å²) < 4.78 is 0. The molecule has 1 fully saturated rings. The zero-order valence-corrected chi connectivity index (χ0v) is 10.6. The summed E-state index contributed by atoms with van der Waals surface area (Å²) in [4.78, 5) is 11.6. The normalized spacial score (nSPS) is 31.4. The van der Waals surface area contributed by atoms with Gasteiger partial charge in [0.1, 0.15) is 5.78 Å². The van der Waals surface area contributed by atoms with E-state index in [9.17, 15) is 15.0 Å². The molecule has 0 radical (unpaired) electrons. The molecule has 1 saturated carbocycles. The van der Waals surface area contributed by atoms with E-state index in [-0.39, 0.29) is 29.8 Å². The minimum Gasteiger partial charge on any atom is -0.396 e. The Morgan fingerprint density at radius 2 is 2.12 bits per heavy atom. The van der Waals surface area contributed by atoms with Crippen LogP contribution in [0.25, 0.3) is 0 Å². The minimum absolute atomic E-state index is 0.0440. The third-order valence-corrected chi connectivity index (χ3v) is 3.85. The molecule has 2 N–H and O–H groups in total. The zero-order valence-electron chi connectivity index (χ0n) is 10.6. The second-order valence-electron chi connectivity index (χ2n) is 5.88. The van der Waals surface area contributed by atoms with Gasteiger partial charge in [-0.25, -0.2) is 0 Å². The fourth-order valence-corrected chi connectivity index (χ4v) is 3.02. The number of rotatable bonds is 4. The predicted octanol–water partition coefficient (Wildman–Crippen LogP) is 1.76. The van der Waals surface area contributed by atoms with Gasteiger partial charge in [0.2, 0.25) is 0 Å². The van der Waals surface area contributed by atoms with E-state index in [1.165, 1.54) is 0 Å². The van der Waals surface area contributed by atoms with Crippen LogP contribution < -0.4 is 0 Å². The summed E-state index contributed by atoms with van der Waals surface area (Å²) in [6.45, 7) is 6.06. The SMILES string of the molecule is C[C@H](O)CC[C@@H]1[C@@H](CO)CC(=O)CC1(C)C. The molecular formula is C13H24O3. The number of Topliss-reactive ketones (excluding diaryl/α,β-unsaturated/α-hetero) is 1.